The number of hydrogen-bond donors (Lipinski definition) is 1. The number of hydrogen-bond acceptors (Lipinski definition) is 6. The molecule has 1 atom stereocenters. The number of aromatic nitrogens is 4. The molecule has 0 bridgehead atoms. The van der Waals surface area contributed by atoms with E-state index >= 15 is 0 Å². The van der Waals surface area contributed by atoms with Crippen LogP contribution in [0, 0.1) is 5.82 Å². The minimum atomic E-state index is -0.548. The van der Waals surface area contributed by atoms with Crippen molar-refractivity contribution in [2.45, 2.75) is 38.7 Å². The first-order valence-corrected chi connectivity index (χ1v) is 8.75. The van der Waals surface area contributed by atoms with E-state index in [0.29, 0.717) is 36.3 Å². The normalized spacial score (nSPS) is 17.6. The summed E-state index contributed by atoms with van der Waals surface area (Å²) < 4.78 is 25.1. The second-order valence-electron chi connectivity index (χ2n) is 7.62. The number of aromatic amines is 1. The summed E-state index contributed by atoms with van der Waals surface area (Å²) in [5.41, 5.74) is 0.390. The first kappa shape index (κ1) is 17.4. The van der Waals surface area contributed by atoms with E-state index in [4.69, 9.17) is 9.26 Å². The number of likely N-dealkylation sites (tertiary alicyclic amines) is 1. The van der Waals surface area contributed by atoms with Crippen LogP contribution in [0.3, 0.4) is 0 Å². The van der Waals surface area contributed by atoms with Crippen LogP contribution in [0.2, 0.25) is 0 Å². The van der Waals surface area contributed by atoms with Crippen LogP contribution in [-0.4, -0.2) is 50.0 Å². The average molecular weight is 373 g/mol. The van der Waals surface area contributed by atoms with E-state index in [1.54, 1.807) is 11.0 Å². The summed E-state index contributed by atoms with van der Waals surface area (Å²) in [6, 6.07) is 2.95. The van der Waals surface area contributed by atoms with Crippen molar-refractivity contribution in [1.29, 1.82) is 0 Å². The van der Waals surface area contributed by atoms with Gasteiger partial charge in [0.2, 0.25) is 11.7 Å². The van der Waals surface area contributed by atoms with E-state index in [1.807, 2.05) is 20.8 Å². The largest absolute Gasteiger partial charge is 0.444 e. The molecule has 1 N–H and O–H groups in total. The number of amides is 1. The predicted molar refractivity (Wildman–Crippen MR) is 94.5 cm³/mol. The van der Waals surface area contributed by atoms with E-state index in [1.165, 1.54) is 12.3 Å². The van der Waals surface area contributed by atoms with Gasteiger partial charge in [-0.05, 0) is 39.3 Å². The summed E-state index contributed by atoms with van der Waals surface area (Å²) in [5, 5.41) is 11.3. The van der Waals surface area contributed by atoms with Crippen LogP contribution in [0.1, 0.15) is 39.0 Å². The first-order valence-electron chi connectivity index (χ1n) is 8.75. The molecule has 1 aliphatic rings. The molecule has 27 heavy (non-hydrogen) atoms. The van der Waals surface area contributed by atoms with Gasteiger partial charge in [0, 0.05) is 18.5 Å². The summed E-state index contributed by atoms with van der Waals surface area (Å²) in [5.74, 6) is 0.00427. The van der Waals surface area contributed by atoms with E-state index in [2.05, 4.69) is 20.3 Å². The number of nitrogens with zero attached hydrogens (tertiary/aromatic N) is 4. The van der Waals surface area contributed by atoms with Crippen LogP contribution in [0.5, 0.6) is 0 Å². The molecule has 8 nitrogen and oxygen atoms in total. The molecule has 1 amide bonds. The van der Waals surface area contributed by atoms with Crippen molar-refractivity contribution in [2.75, 3.05) is 13.1 Å². The molecule has 1 aromatic carbocycles. The van der Waals surface area contributed by atoms with Gasteiger partial charge in [-0.2, -0.15) is 10.1 Å². The Bertz CT molecular complexity index is 990. The molecule has 2 aromatic heterocycles. The summed E-state index contributed by atoms with van der Waals surface area (Å²) in [4.78, 5) is 18.2. The number of halogens is 1. The van der Waals surface area contributed by atoms with Gasteiger partial charge in [0.15, 0.2) is 0 Å². The van der Waals surface area contributed by atoms with Crippen LogP contribution >= 0.6 is 0 Å². The third-order valence-corrected chi connectivity index (χ3v) is 4.43. The highest BCUT2D eigenvalue weighted by Gasteiger charge is 2.33. The van der Waals surface area contributed by atoms with Gasteiger partial charge in [-0.25, -0.2) is 9.18 Å². The lowest BCUT2D eigenvalue weighted by molar-refractivity contribution is 0.0291. The van der Waals surface area contributed by atoms with Crippen molar-refractivity contribution in [3.63, 3.8) is 0 Å². The summed E-state index contributed by atoms with van der Waals surface area (Å²) >= 11 is 0. The smallest absolute Gasteiger partial charge is 0.410 e. The average Bonchev–Trinajstić information content (AvgIpc) is 3.32. The summed E-state index contributed by atoms with van der Waals surface area (Å²) in [6.07, 6.45) is 1.85. The van der Waals surface area contributed by atoms with Crippen molar-refractivity contribution >= 4 is 17.0 Å². The molecule has 3 heterocycles. The molecule has 0 aliphatic carbocycles. The molecular formula is C18H20FN5O3. The van der Waals surface area contributed by atoms with Gasteiger partial charge in [-0.3, -0.25) is 5.10 Å². The van der Waals surface area contributed by atoms with Gasteiger partial charge in [-0.1, -0.05) is 5.16 Å². The highest BCUT2D eigenvalue weighted by atomic mass is 19.1. The van der Waals surface area contributed by atoms with Gasteiger partial charge in [-0.15, -0.1) is 0 Å². The van der Waals surface area contributed by atoms with E-state index < -0.39 is 11.4 Å². The summed E-state index contributed by atoms with van der Waals surface area (Å²) in [6.45, 7) is 6.45. The maximum Gasteiger partial charge on any atom is 0.410 e. The monoisotopic (exact) mass is 373 g/mol. The Morgan fingerprint density at radius 2 is 2.22 bits per heavy atom. The van der Waals surface area contributed by atoms with Crippen LogP contribution in [0.25, 0.3) is 22.3 Å². The quantitative estimate of drug-likeness (QED) is 0.739. The first-order chi connectivity index (χ1) is 12.8. The molecule has 0 spiro atoms. The molecule has 1 aliphatic heterocycles. The van der Waals surface area contributed by atoms with E-state index in [0.717, 1.165) is 0 Å². The van der Waals surface area contributed by atoms with Crippen molar-refractivity contribution in [1.82, 2.24) is 25.2 Å². The molecule has 4 rings (SSSR count). The topological polar surface area (TPSA) is 97.1 Å². The van der Waals surface area contributed by atoms with E-state index in [-0.39, 0.29) is 23.4 Å². The Morgan fingerprint density at radius 1 is 1.41 bits per heavy atom. The van der Waals surface area contributed by atoms with Crippen LogP contribution < -0.4 is 0 Å². The fourth-order valence-electron chi connectivity index (χ4n) is 3.17. The van der Waals surface area contributed by atoms with Gasteiger partial charge < -0.3 is 14.2 Å². The van der Waals surface area contributed by atoms with Crippen molar-refractivity contribution in [3.05, 3.63) is 30.0 Å². The zero-order chi connectivity index (χ0) is 19.2. The van der Waals surface area contributed by atoms with Crippen LogP contribution in [-0.2, 0) is 4.74 Å². The maximum atomic E-state index is 14.4. The molecule has 3 aromatic rings. The second kappa shape index (κ2) is 6.33. The van der Waals surface area contributed by atoms with Gasteiger partial charge in [0.25, 0.3) is 0 Å². The molecule has 0 radical (unpaired) electrons. The van der Waals surface area contributed by atoms with Crippen LogP contribution in [0.15, 0.2) is 22.9 Å². The molecule has 1 saturated heterocycles. The molecule has 142 valence electrons. The lowest BCUT2D eigenvalue weighted by atomic mass is 10.1. The minimum Gasteiger partial charge on any atom is -0.444 e. The van der Waals surface area contributed by atoms with Gasteiger partial charge in [0.1, 0.15) is 11.4 Å². The Labute approximate surface area is 154 Å². The lowest BCUT2D eigenvalue weighted by Crippen LogP contribution is -2.35. The minimum absolute atomic E-state index is 0.106. The Hall–Kier alpha value is -2.97. The highest BCUT2D eigenvalue weighted by molar-refractivity contribution is 5.92. The Morgan fingerprint density at radius 3 is 3.00 bits per heavy atom. The number of ether oxygens (including phenoxy) is 1. The molecule has 1 unspecified atom stereocenters. The molecule has 9 heteroatoms. The van der Waals surface area contributed by atoms with Crippen molar-refractivity contribution < 1.29 is 18.4 Å². The predicted octanol–water partition coefficient (Wildman–Crippen LogP) is 3.48. The van der Waals surface area contributed by atoms with Crippen LogP contribution in [0.4, 0.5) is 9.18 Å². The highest BCUT2D eigenvalue weighted by Crippen LogP contribution is 2.32. The summed E-state index contributed by atoms with van der Waals surface area (Å²) in [7, 11) is 0. The number of H-pyrrole nitrogens is 1. The third kappa shape index (κ3) is 3.36. The fraction of sp³-hybridized carbons (Fsp3) is 0.444. The Kier molecular flexibility index (Phi) is 4.09. The molecule has 0 saturated carbocycles. The Balaban J connectivity index is 1.54. The number of rotatable bonds is 2. The standard InChI is InChI=1S/C18H20FN5O3/c1-18(2,3)26-17(25)24-7-6-10(9-24)16-21-15(23-27-16)14-11-8-20-22-13(11)5-4-12(14)19/h4-5,8,10H,6-7,9H2,1-3H3,(H,20,22). The number of benzene rings is 1. The SMILES string of the molecule is CC(C)(C)OC(=O)N1CCC(c2nc(-c3c(F)ccc4[nH]ncc34)no2)C1. The van der Waals surface area contributed by atoms with Crippen molar-refractivity contribution in [2.24, 2.45) is 0 Å². The third-order valence-electron chi connectivity index (χ3n) is 4.43. The van der Waals surface area contributed by atoms with Gasteiger partial charge >= 0.3 is 6.09 Å². The van der Waals surface area contributed by atoms with E-state index in [9.17, 15) is 9.18 Å². The number of carbonyl (C=O) groups is 1. The lowest BCUT2D eigenvalue weighted by Gasteiger charge is -2.24. The van der Waals surface area contributed by atoms with Gasteiger partial charge in [0.05, 0.1) is 23.2 Å². The van der Waals surface area contributed by atoms with Crippen molar-refractivity contribution in [3.8, 4) is 11.4 Å². The molecular weight excluding hydrogens is 353 g/mol. The molecule has 1 fully saturated rings. The number of nitrogens with one attached hydrogen (secondary N) is 1. The number of fused-ring (bicyclic) bond motifs is 1. The number of carbonyl (C=O) groups excluding carboxylic acids is 1. The zero-order valence-electron chi connectivity index (χ0n) is 15.3. The fourth-order valence-corrected chi connectivity index (χ4v) is 3.17. The maximum absolute atomic E-state index is 14.4. The second-order valence-corrected chi connectivity index (χ2v) is 7.62. The zero-order valence-corrected chi connectivity index (χ0v) is 15.3.